The average molecular weight is 380 g/mol. The topological polar surface area (TPSA) is 58.8 Å². The van der Waals surface area contributed by atoms with E-state index < -0.39 is 0 Å². The van der Waals surface area contributed by atoms with E-state index in [9.17, 15) is 4.79 Å². The van der Waals surface area contributed by atoms with Crippen LogP contribution in [0.3, 0.4) is 0 Å². The van der Waals surface area contributed by atoms with Gasteiger partial charge in [0.25, 0.3) is 5.91 Å². The molecule has 1 aromatic rings. The maximum Gasteiger partial charge on any atom is 0.257 e. The number of ether oxygens (including phenoxy) is 1. The Morgan fingerprint density at radius 3 is 2.29 bits per heavy atom. The van der Waals surface area contributed by atoms with E-state index in [1.54, 1.807) is 18.0 Å². The molecule has 0 saturated carbocycles. The quantitative estimate of drug-likeness (QED) is 0.753. The number of rotatable bonds is 8. The van der Waals surface area contributed by atoms with Gasteiger partial charge in [0.1, 0.15) is 12.4 Å². The molecule has 0 aliphatic carbocycles. The van der Waals surface area contributed by atoms with E-state index in [0.717, 1.165) is 6.54 Å². The fourth-order valence-corrected chi connectivity index (χ4v) is 2.09. The van der Waals surface area contributed by atoms with Crippen LogP contribution in [-0.4, -0.2) is 63.1 Å². The molecule has 0 saturated heterocycles. The van der Waals surface area contributed by atoms with Gasteiger partial charge in [0.05, 0.1) is 5.56 Å². The zero-order chi connectivity index (χ0) is 16.8. The van der Waals surface area contributed by atoms with Crippen LogP contribution in [0.1, 0.15) is 24.2 Å². The summed E-state index contributed by atoms with van der Waals surface area (Å²) in [6.07, 6.45) is 0. The highest BCUT2D eigenvalue weighted by Crippen LogP contribution is 2.22. The first-order chi connectivity index (χ1) is 10.3. The van der Waals surface area contributed by atoms with Crippen molar-refractivity contribution in [3.63, 3.8) is 0 Å². The van der Waals surface area contributed by atoms with Crippen molar-refractivity contribution in [1.82, 2.24) is 9.80 Å². The number of hydrogen-bond acceptors (Lipinski definition) is 4. The Kier molecular flexibility index (Phi) is 12.1. The third kappa shape index (κ3) is 8.20. The molecule has 0 aromatic heterocycles. The molecule has 0 aliphatic rings. The SMILES string of the molecule is CN(C)CCOc1ccccc1C(=O)N(C)CC(C)(C)CN.Cl.Cl. The van der Waals surface area contributed by atoms with Crippen molar-refractivity contribution in [3.05, 3.63) is 29.8 Å². The van der Waals surface area contributed by atoms with Gasteiger partial charge in [0.15, 0.2) is 0 Å². The van der Waals surface area contributed by atoms with Gasteiger partial charge in [-0.3, -0.25) is 4.79 Å². The maximum absolute atomic E-state index is 12.7. The van der Waals surface area contributed by atoms with Crippen LogP contribution < -0.4 is 10.5 Å². The lowest BCUT2D eigenvalue weighted by Crippen LogP contribution is -2.39. The van der Waals surface area contributed by atoms with Gasteiger partial charge >= 0.3 is 0 Å². The Hall–Kier alpha value is -1.01. The maximum atomic E-state index is 12.7. The summed E-state index contributed by atoms with van der Waals surface area (Å²) >= 11 is 0. The molecule has 0 atom stereocenters. The van der Waals surface area contributed by atoms with Gasteiger partial charge < -0.3 is 20.3 Å². The van der Waals surface area contributed by atoms with Crippen molar-refractivity contribution in [2.75, 3.05) is 47.4 Å². The van der Waals surface area contributed by atoms with Crippen LogP contribution in [-0.2, 0) is 0 Å². The van der Waals surface area contributed by atoms with E-state index in [4.69, 9.17) is 10.5 Å². The van der Waals surface area contributed by atoms with Crippen molar-refractivity contribution in [2.24, 2.45) is 11.1 Å². The lowest BCUT2D eigenvalue weighted by Gasteiger charge is -2.29. The highest BCUT2D eigenvalue weighted by molar-refractivity contribution is 5.96. The molecule has 0 bridgehead atoms. The zero-order valence-corrected chi connectivity index (χ0v) is 16.9. The van der Waals surface area contributed by atoms with Crippen molar-refractivity contribution in [2.45, 2.75) is 13.8 Å². The number of halogens is 2. The summed E-state index contributed by atoms with van der Waals surface area (Å²) in [5.74, 6) is 0.591. The van der Waals surface area contributed by atoms with Crippen molar-refractivity contribution < 1.29 is 9.53 Å². The average Bonchev–Trinajstić information content (AvgIpc) is 2.46. The summed E-state index contributed by atoms with van der Waals surface area (Å²) in [6.45, 7) is 6.60. The van der Waals surface area contributed by atoms with Crippen LogP contribution in [0.25, 0.3) is 0 Å². The monoisotopic (exact) mass is 379 g/mol. The minimum Gasteiger partial charge on any atom is -0.491 e. The Balaban J connectivity index is 0. The van der Waals surface area contributed by atoms with Gasteiger partial charge in [-0.25, -0.2) is 0 Å². The Morgan fingerprint density at radius 1 is 1.17 bits per heavy atom. The van der Waals surface area contributed by atoms with Crippen LogP contribution in [0.15, 0.2) is 24.3 Å². The molecule has 1 amide bonds. The van der Waals surface area contributed by atoms with Gasteiger partial charge in [0, 0.05) is 20.1 Å². The third-order valence-corrected chi connectivity index (χ3v) is 3.48. The number of nitrogens with zero attached hydrogens (tertiary/aromatic N) is 2. The number of amides is 1. The largest absolute Gasteiger partial charge is 0.491 e. The molecule has 0 spiro atoms. The Morgan fingerprint density at radius 2 is 1.75 bits per heavy atom. The Bertz CT molecular complexity index is 496. The summed E-state index contributed by atoms with van der Waals surface area (Å²) in [7, 11) is 5.78. The third-order valence-electron chi connectivity index (χ3n) is 3.48. The molecular weight excluding hydrogens is 349 g/mol. The van der Waals surface area contributed by atoms with E-state index in [0.29, 0.717) is 31.0 Å². The normalized spacial score (nSPS) is 10.6. The minimum absolute atomic E-state index is 0. The molecule has 2 N–H and O–H groups in total. The minimum atomic E-state index is -0.106. The fraction of sp³-hybridized carbons (Fsp3) is 0.588. The zero-order valence-electron chi connectivity index (χ0n) is 15.2. The van der Waals surface area contributed by atoms with Gasteiger partial charge in [-0.2, -0.15) is 0 Å². The molecule has 0 aliphatic heterocycles. The second kappa shape index (κ2) is 11.5. The first-order valence-corrected chi connectivity index (χ1v) is 7.59. The van der Waals surface area contributed by atoms with Gasteiger partial charge in [-0.15, -0.1) is 24.8 Å². The molecule has 0 heterocycles. The summed E-state index contributed by atoms with van der Waals surface area (Å²) in [6, 6.07) is 7.38. The summed E-state index contributed by atoms with van der Waals surface area (Å²) < 4.78 is 5.76. The highest BCUT2D eigenvalue weighted by Gasteiger charge is 2.23. The van der Waals surface area contributed by atoms with E-state index in [1.165, 1.54) is 0 Å². The van der Waals surface area contributed by atoms with Crippen LogP contribution in [0, 0.1) is 5.41 Å². The number of nitrogens with two attached hydrogens (primary N) is 1. The van der Waals surface area contributed by atoms with Gasteiger partial charge in [0.2, 0.25) is 0 Å². The molecule has 140 valence electrons. The number of likely N-dealkylation sites (N-methyl/N-ethyl adjacent to an activating group) is 1. The molecule has 0 radical (unpaired) electrons. The summed E-state index contributed by atoms with van der Waals surface area (Å²) in [5, 5.41) is 0. The predicted octanol–water partition coefficient (Wildman–Crippen LogP) is 2.53. The second-order valence-corrected chi connectivity index (χ2v) is 6.68. The van der Waals surface area contributed by atoms with E-state index in [2.05, 4.69) is 13.8 Å². The molecule has 1 rings (SSSR count). The Labute approximate surface area is 158 Å². The lowest BCUT2D eigenvalue weighted by molar-refractivity contribution is 0.0736. The van der Waals surface area contributed by atoms with E-state index in [-0.39, 0.29) is 36.1 Å². The number of hydrogen-bond donors (Lipinski definition) is 1. The van der Waals surface area contributed by atoms with Crippen molar-refractivity contribution in [1.29, 1.82) is 0 Å². The number of carbonyl (C=O) groups excluding carboxylic acids is 1. The van der Waals surface area contributed by atoms with Crippen LogP contribution in [0.5, 0.6) is 5.75 Å². The molecule has 0 fully saturated rings. The summed E-state index contributed by atoms with van der Waals surface area (Å²) in [5.41, 5.74) is 6.24. The molecule has 7 heteroatoms. The van der Waals surface area contributed by atoms with Crippen LogP contribution in [0.4, 0.5) is 0 Å². The summed E-state index contributed by atoms with van der Waals surface area (Å²) in [4.78, 5) is 16.4. The van der Waals surface area contributed by atoms with Crippen LogP contribution in [0.2, 0.25) is 0 Å². The lowest BCUT2D eigenvalue weighted by atomic mass is 9.93. The second-order valence-electron chi connectivity index (χ2n) is 6.68. The van der Waals surface area contributed by atoms with Crippen molar-refractivity contribution >= 4 is 30.7 Å². The highest BCUT2D eigenvalue weighted by atomic mass is 35.5. The predicted molar refractivity (Wildman–Crippen MR) is 105 cm³/mol. The number of benzene rings is 1. The number of carbonyl (C=O) groups is 1. The smallest absolute Gasteiger partial charge is 0.257 e. The standard InChI is InChI=1S/C17H29N3O2.2ClH/c1-17(2,12-18)13-20(5)16(21)14-8-6-7-9-15(14)22-11-10-19(3)4;;/h6-9H,10-13,18H2,1-5H3;2*1H. The number of para-hydroxylation sites is 1. The molecule has 5 nitrogen and oxygen atoms in total. The van der Waals surface area contributed by atoms with E-state index in [1.807, 2.05) is 37.2 Å². The first-order valence-electron chi connectivity index (χ1n) is 7.59. The fourth-order valence-electron chi connectivity index (χ4n) is 2.09. The van der Waals surface area contributed by atoms with Gasteiger partial charge in [-0.1, -0.05) is 26.0 Å². The molecule has 1 aromatic carbocycles. The van der Waals surface area contributed by atoms with E-state index >= 15 is 0 Å². The molecular formula is C17H31Cl2N3O2. The molecule has 24 heavy (non-hydrogen) atoms. The molecule has 0 unspecified atom stereocenters. The van der Waals surface area contributed by atoms with Gasteiger partial charge in [-0.05, 0) is 38.2 Å². The van der Waals surface area contributed by atoms with Crippen molar-refractivity contribution in [3.8, 4) is 5.75 Å². The first kappa shape index (κ1) is 25.2. The van der Waals surface area contributed by atoms with Crippen LogP contribution >= 0.6 is 24.8 Å².